The van der Waals surface area contributed by atoms with Gasteiger partial charge in [-0.3, -0.25) is 0 Å². The Labute approximate surface area is 109 Å². The summed E-state index contributed by atoms with van der Waals surface area (Å²) in [5.74, 6) is 0. The van der Waals surface area contributed by atoms with Crippen LogP contribution >= 0.6 is 11.3 Å². The molecule has 1 heterocycles. The van der Waals surface area contributed by atoms with Crippen LogP contribution in [0.4, 0.5) is 0 Å². The van der Waals surface area contributed by atoms with E-state index in [1.165, 1.54) is 10.6 Å². The molecule has 0 radical (unpaired) electrons. The van der Waals surface area contributed by atoms with Gasteiger partial charge in [-0.05, 0) is 41.7 Å². The summed E-state index contributed by atoms with van der Waals surface area (Å²) in [5, 5.41) is 4.73. The van der Waals surface area contributed by atoms with Crippen molar-refractivity contribution in [2.75, 3.05) is 20.1 Å². The lowest BCUT2D eigenvalue weighted by molar-refractivity contribution is 0.270. The standard InChI is InChI=1S/C13H25N3S/c1-9(2)16(6)8-7-14-10(3)13-11(4)15-12(5)17-13/h9-10,14H,7-8H2,1-6H3. The summed E-state index contributed by atoms with van der Waals surface area (Å²) in [7, 11) is 2.17. The Hall–Kier alpha value is -0.450. The van der Waals surface area contributed by atoms with Gasteiger partial charge in [-0.1, -0.05) is 0 Å². The minimum atomic E-state index is 0.404. The van der Waals surface area contributed by atoms with Crippen molar-refractivity contribution in [1.29, 1.82) is 0 Å². The summed E-state index contributed by atoms with van der Waals surface area (Å²) in [4.78, 5) is 8.19. The van der Waals surface area contributed by atoms with Crippen molar-refractivity contribution >= 4 is 11.3 Å². The number of aromatic nitrogens is 1. The molecule has 98 valence electrons. The molecule has 1 rings (SSSR count). The normalized spacial score (nSPS) is 13.6. The molecule has 0 aliphatic rings. The minimum absolute atomic E-state index is 0.404. The zero-order valence-electron chi connectivity index (χ0n) is 11.9. The van der Waals surface area contributed by atoms with E-state index in [0.717, 1.165) is 18.1 Å². The van der Waals surface area contributed by atoms with E-state index < -0.39 is 0 Å². The van der Waals surface area contributed by atoms with E-state index in [4.69, 9.17) is 0 Å². The van der Waals surface area contributed by atoms with Crippen molar-refractivity contribution in [3.8, 4) is 0 Å². The SMILES string of the molecule is Cc1nc(C)c(C(C)NCCN(C)C(C)C)s1. The smallest absolute Gasteiger partial charge is 0.0900 e. The largest absolute Gasteiger partial charge is 0.308 e. The second-order valence-electron chi connectivity index (χ2n) is 4.93. The Bertz CT molecular complexity index is 346. The molecule has 0 saturated heterocycles. The molecule has 0 aliphatic carbocycles. The second kappa shape index (κ2) is 6.47. The molecule has 0 amide bonds. The molecule has 0 saturated carbocycles. The summed E-state index contributed by atoms with van der Waals surface area (Å²) in [5.41, 5.74) is 1.17. The number of hydrogen-bond donors (Lipinski definition) is 1. The van der Waals surface area contributed by atoms with Crippen molar-refractivity contribution < 1.29 is 0 Å². The first-order valence-electron chi connectivity index (χ1n) is 6.29. The third-order valence-electron chi connectivity index (χ3n) is 3.13. The van der Waals surface area contributed by atoms with Gasteiger partial charge < -0.3 is 10.2 Å². The topological polar surface area (TPSA) is 28.2 Å². The van der Waals surface area contributed by atoms with Crippen LogP contribution in [0.25, 0.3) is 0 Å². The van der Waals surface area contributed by atoms with Crippen LogP contribution in [-0.2, 0) is 0 Å². The van der Waals surface area contributed by atoms with Crippen molar-refractivity contribution in [1.82, 2.24) is 15.2 Å². The van der Waals surface area contributed by atoms with Gasteiger partial charge in [-0.15, -0.1) is 11.3 Å². The molecule has 1 aromatic heterocycles. The quantitative estimate of drug-likeness (QED) is 0.847. The Morgan fingerprint density at radius 1 is 1.29 bits per heavy atom. The van der Waals surface area contributed by atoms with Gasteiger partial charge in [-0.25, -0.2) is 4.98 Å². The van der Waals surface area contributed by atoms with Crippen LogP contribution < -0.4 is 5.32 Å². The fraction of sp³-hybridized carbons (Fsp3) is 0.769. The molecule has 0 aliphatic heterocycles. The molecule has 1 atom stereocenters. The molecule has 1 unspecified atom stereocenters. The van der Waals surface area contributed by atoms with Gasteiger partial charge in [0.2, 0.25) is 0 Å². The van der Waals surface area contributed by atoms with Gasteiger partial charge in [-0.2, -0.15) is 0 Å². The highest BCUT2D eigenvalue weighted by molar-refractivity contribution is 7.11. The van der Waals surface area contributed by atoms with Crippen LogP contribution in [0.1, 0.15) is 42.4 Å². The monoisotopic (exact) mass is 255 g/mol. The Morgan fingerprint density at radius 3 is 2.41 bits per heavy atom. The second-order valence-corrected chi connectivity index (χ2v) is 6.17. The molecule has 0 fully saturated rings. The van der Waals surface area contributed by atoms with Gasteiger partial charge in [0.05, 0.1) is 10.7 Å². The number of nitrogens with zero attached hydrogens (tertiary/aromatic N) is 2. The van der Waals surface area contributed by atoms with Crippen LogP contribution in [0, 0.1) is 13.8 Å². The highest BCUT2D eigenvalue weighted by Gasteiger charge is 2.12. The third kappa shape index (κ3) is 4.37. The van der Waals surface area contributed by atoms with Crippen molar-refractivity contribution in [3.63, 3.8) is 0 Å². The minimum Gasteiger partial charge on any atom is -0.308 e. The first-order valence-corrected chi connectivity index (χ1v) is 7.11. The average Bonchev–Trinajstić information content (AvgIpc) is 2.57. The van der Waals surface area contributed by atoms with Crippen molar-refractivity contribution in [2.45, 2.75) is 46.7 Å². The highest BCUT2D eigenvalue weighted by Crippen LogP contribution is 2.24. The molecule has 3 nitrogen and oxygen atoms in total. The number of rotatable bonds is 6. The molecule has 4 heteroatoms. The zero-order chi connectivity index (χ0) is 13.0. The van der Waals surface area contributed by atoms with E-state index in [2.05, 4.69) is 56.9 Å². The summed E-state index contributed by atoms with van der Waals surface area (Å²) in [6.45, 7) is 12.9. The van der Waals surface area contributed by atoms with E-state index in [-0.39, 0.29) is 0 Å². The molecule has 1 N–H and O–H groups in total. The number of likely N-dealkylation sites (N-methyl/N-ethyl adjacent to an activating group) is 1. The van der Waals surface area contributed by atoms with E-state index in [0.29, 0.717) is 12.1 Å². The fourth-order valence-corrected chi connectivity index (χ4v) is 2.71. The third-order valence-corrected chi connectivity index (χ3v) is 4.38. The van der Waals surface area contributed by atoms with Gasteiger partial charge in [0, 0.05) is 30.1 Å². The first kappa shape index (κ1) is 14.6. The van der Waals surface area contributed by atoms with E-state index >= 15 is 0 Å². The predicted octanol–water partition coefficient (Wildman–Crippen LogP) is 2.75. The lowest BCUT2D eigenvalue weighted by Gasteiger charge is -2.22. The maximum atomic E-state index is 4.47. The van der Waals surface area contributed by atoms with Crippen LogP contribution in [0.5, 0.6) is 0 Å². The van der Waals surface area contributed by atoms with E-state index in [1.807, 2.05) is 0 Å². The fourth-order valence-electron chi connectivity index (χ4n) is 1.76. The van der Waals surface area contributed by atoms with E-state index in [9.17, 15) is 0 Å². The number of thiazole rings is 1. The van der Waals surface area contributed by atoms with Crippen LogP contribution in [-0.4, -0.2) is 36.1 Å². The Kier molecular flexibility index (Phi) is 5.56. The van der Waals surface area contributed by atoms with Gasteiger partial charge in [0.1, 0.15) is 0 Å². The van der Waals surface area contributed by atoms with Gasteiger partial charge in [0.25, 0.3) is 0 Å². The number of nitrogens with one attached hydrogen (secondary N) is 1. The molecule has 0 bridgehead atoms. The Morgan fingerprint density at radius 2 is 1.94 bits per heavy atom. The summed E-state index contributed by atoms with van der Waals surface area (Å²) < 4.78 is 0. The Balaban J connectivity index is 2.40. The predicted molar refractivity (Wildman–Crippen MR) is 75.8 cm³/mol. The molecule has 17 heavy (non-hydrogen) atoms. The van der Waals surface area contributed by atoms with Gasteiger partial charge in [0.15, 0.2) is 0 Å². The maximum absolute atomic E-state index is 4.47. The van der Waals surface area contributed by atoms with E-state index in [1.54, 1.807) is 11.3 Å². The molecule has 0 aromatic carbocycles. The van der Waals surface area contributed by atoms with Crippen LogP contribution in [0.3, 0.4) is 0 Å². The lowest BCUT2D eigenvalue weighted by atomic mass is 10.2. The summed E-state index contributed by atoms with van der Waals surface area (Å²) >= 11 is 1.80. The number of aryl methyl sites for hydroxylation is 2. The number of hydrogen-bond acceptors (Lipinski definition) is 4. The molecule has 0 spiro atoms. The van der Waals surface area contributed by atoms with Crippen molar-refractivity contribution in [3.05, 3.63) is 15.6 Å². The van der Waals surface area contributed by atoms with Crippen LogP contribution in [0.2, 0.25) is 0 Å². The highest BCUT2D eigenvalue weighted by atomic mass is 32.1. The zero-order valence-corrected chi connectivity index (χ0v) is 12.7. The molecular weight excluding hydrogens is 230 g/mol. The van der Waals surface area contributed by atoms with Gasteiger partial charge >= 0.3 is 0 Å². The summed E-state index contributed by atoms with van der Waals surface area (Å²) in [6.07, 6.45) is 0. The molecule has 1 aromatic rings. The van der Waals surface area contributed by atoms with Crippen LogP contribution in [0.15, 0.2) is 0 Å². The summed E-state index contributed by atoms with van der Waals surface area (Å²) in [6, 6.07) is 1.02. The average molecular weight is 255 g/mol. The lowest BCUT2D eigenvalue weighted by Crippen LogP contribution is -2.34. The molecular formula is C13H25N3S. The first-order chi connectivity index (χ1) is 7.91. The maximum Gasteiger partial charge on any atom is 0.0900 e. The van der Waals surface area contributed by atoms with Crippen molar-refractivity contribution in [2.24, 2.45) is 0 Å².